The van der Waals surface area contributed by atoms with E-state index in [2.05, 4.69) is 32.0 Å². The van der Waals surface area contributed by atoms with E-state index in [4.69, 9.17) is 15.2 Å². The minimum atomic E-state index is -5.00. The van der Waals surface area contributed by atoms with Crippen molar-refractivity contribution in [2.75, 3.05) is 51.4 Å². The van der Waals surface area contributed by atoms with Crippen LogP contribution in [0.25, 0.3) is 32.1 Å². The first-order valence-corrected chi connectivity index (χ1v) is 19.5. The highest BCUT2D eigenvalue weighted by atomic mass is 32.1. The molecule has 1 aliphatic carbocycles. The first-order chi connectivity index (χ1) is 26.7. The number of hydrogen-bond donors (Lipinski definition) is 2. The predicted octanol–water partition coefficient (Wildman–Crippen LogP) is 8.32. The van der Waals surface area contributed by atoms with Crippen LogP contribution in [0.4, 0.5) is 37.2 Å². The quantitative estimate of drug-likeness (QED) is 0.185. The van der Waals surface area contributed by atoms with E-state index in [1.807, 2.05) is 0 Å². The van der Waals surface area contributed by atoms with Gasteiger partial charge in [0.15, 0.2) is 5.82 Å². The molecule has 10 nitrogen and oxygen atoms in total. The Bertz CT molecular complexity index is 2110. The summed E-state index contributed by atoms with van der Waals surface area (Å²) in [5.74, 6) is -1.54. The van der Waals surface area contributed by atoms with Crippen LogP contribution in [0.5, 0.6) is 6.01 Å². The number of likely N-dealkylation sites (tertiary alicyclic amines) is 1. The summed E-state index contributed by atoms with van der Waals surface area (Å²) in [7, 11) is 2.96. The summed E-state index contributed by atoms with van der Waals surface area (Å²) in [6.45, 7) is 6.95. The number of aromatic nitrogens is 2. The topological polar surface area (TPSA) is 130 Å². The van der Waals surface area contributed by atoms with Crippen LogP contribution in [0.1, 0.15) is 69.9 Å². The number of methoxy groups -OCH3 is 2. The fourth-order valence-electron chi connectivity index (χ4n) is 8.08. The number of nitrogens with two attached hydrogens (primary N) is 1. The number of carbonyl (C=O) groups is 1. The van der Waals surface area contributed by atoms with Gasteiger partial charge in [0.05, 0.1) is 29.0 Å². The summed E-state index contributed by atoms with van der Waals surface area (Å²) in [5, 5.41) is 11.8. The smallest absolute Gasteiger partial charge is 0.417 e. The molecule has 302 valence electrons. The lowest BCUT2D eigenvalue weighted by Crippen LogP contribution is -2.45. The van der Waals surface area contributed by atoms with Crippen LogP contribution in [0.15, 0.2) is 18.2 Å². The van der Waals surface area contributed by atoms with Crippen LogP contribution in [0.2, 0.25) is 0 Å². The Balaban J connectivity index is 0.000000186. The number of benzene rings is 2. The molecule has 3 aliphatic heterocycles. The first kappa shape index (κ1) is 41.2. The summed E-state index contributed by atoms with van der Waals surface area (Å²) in [6, 6.07) is 5.21. The highest BCUT2D eigenvalue weighted by Crippen LogP contribution is 2.47. The second-order valence-corrected chi connectivity index (χ2v) is 15.6. The molecule has 5 heterocycles. The van der Waals surface area contributed by atoms with Gasteiger partial charge in [-0.25, -0.2) is 13.2 Å². The van der Waals surface area contributed by atoms with Gasteiger partial charge in [0.25, 0.3) is 0 Å². The van der Waals surface area contributed by atoms with Crippen molar-refractivity contribution < 1.29 is 40.6 Å². The molecule has 2 aromatic carbocycles. The summed E-state index contributed by atoms with van der Waals surface area (Å²) in [6.07, 6.45) is 2.36. The number of halogens is 6. The van der Waals surface area contributed by atoms with Crippen LogP contribution < -0.4 is 15.8 Å². The number of rotatable bonds is 6. The molecule has 0 radical (unpaired) electrons. The molecule has 4 aliphatic rings. The van der Waals surface area contributed by atoms with Crippen LogP contribution >= 0.6 is 11.3 Å². The van der Waals surface area contributed by atoms with Gasteiger partial charge in [-0.1, -0.05) is 6.07 Å². The van der Waals surface area contributed by atoms with E-state index < -0.39 is 40.6 Å². The van der Waals surface area contributed by atoms with Crippen molar-refractivity contribution in [1.82, 2.24) is 19.8 Å². The minimum absolute atomic E-state index is 0.0444. The number of anilines is 2. The first-order valence-electron chi connectivity index (χ1n) is 18.7. The van der Waals surface area contributed by atoms with E-state index in [1.165, 1.54) is 32.8 Å². The lowest BCUT2D eigenvalue weighted by atomic mass is 9.81. The molecular formula is C39H45F6N7O3S. The summed E-state index contributed by atoms with van der Waals surface area (Å²) >= 11 is 0.698. The van der Waals surface area contributed by atoms with E-state index in [-0.39, 0.29) is 55.9 Å². The van der Waals surface area contributed by atoms with Crippen LogP contribution in [0.3, 0.4) is 0 Å². The van der Waals surface area contributed by atoms with Gasteiger partial charge in [-0.05, 0) is 83.0 Å². The number of nitriles is 1. The van der Waals surface area contributed by atoms with Gasteiger partial charge < -0.3 is 25.4 Å². The van der Waals surface area contributed by atoms with Crippen molar-refractivity contribution in [3.8, 4) is 23.2 Å². The molecule has 3 saturated heterocycles. The largest absolute Gasteiger partial charge is 0.467 e. The second-order valence-electron chi connectivity index (χ2n) is 14.5. The van der Waals surface area contributed by atoms with Gasteiger partial charge in [-0.15, -0.1) is 11.3 Å². The number of ether oxygens (including phenoxy) is 2. The molecule has 3 unspecified atom stereocenters. The van der Waals surface area contributed by atoms with Crippen molar-refractivity contribution in [3.05, 3.63) is 41.0 Å². The molecule has 4 fully saturated rings. The number of nitrogens with zero attached hydrogens (tertiary/aromatic N) is 5. The Morgan fingerprint density at radius 3 is 2.46 bits per heavy atom. The minimum Gasteiger partial charge on any atom is -0.467 e. The maximum Gasteiger partial charge on any atom is 0.417 e. The van der Waals surface area contributed by atoms with E-state index in [9.17, 15) is 32.0 Å². The molecule has 3 atom stereocenters. The zero-order chi connectivity index (χ0) is 40.5. The average molecular weight is 806 g/mol. The summed E-state index contributed by atoms with van der Waals surface area (Å²) < 4.78 is 95.4. The van der Waals surface area contributed by atoms with E-state index in [0.717, 1.165) is 50.6 Å². The fourth-order valence-corrected chi connectivity index (χ4v) is 9.03. The molecular weight excluding hydrogens is 761 g/mol. The highest BCUT2D eigenvalue weighted by molar-refractivity contribution is 7.23. The van der Waals surface area contributed by atoms with Gasteiger partial charge in [0.1, 0.15) is 34.4 Å². The normalized spacial score (nSPS) is 23.2. The van der Waals surface area contributed by atoms with Gasteiger partial charge in [0, 0.05) is 61.1 Å². The van der Waals surface area contributed by atoms with Crippen LogP contribution in [-0.4, -0.2) is 90.4 Å². The molecule has 0 spiro atoms. The van der Waals surface area contributed by atoms with E-state index in [0.29, 0.717) is 42.0 Å². The number of hydrogen-bond acceptors (Lipinski definition) is 10. The third-order valence-electron chi connectivity index (χ3n) is 11.0. The molecule has 8 rings (SSSR count). The zero-order valence-electron chi connectivity index (χ0n) is 31.6. The molecule has 3 N–H and O–H groups in total. The van der Waals surface area contributed by atoms with Crippen molar-refractivity contribution >= 4 is 49.1 Å². The maximum atomic E-state index is 15.9. The Morgan fingerprint density at radius 2 is 1.86 bits per heavy atom. The molecule has 1 amide bonds. The van der Waals surface area contributed by atoms with Gasteiger partial charge in [-0.3, -0.25) is 9.69 Å². The van der Waals surface area contributed by atoms with Crippen LogP contribution in [0, 0.1) is 28.9 Å². The highest BCUT2D eigenvalue weighted by Gasteiger charge is 2.40. The molecule has 17 heteroatoms. The van der Waals surface area contributed by atoms with Gasteiger partial charge in [0.2, 0.25) is 5.91 Å². The third kappa shape index (κ3) is 8.19. The Kier molecular flexibility index (Phi) is 12.5. The van der Waals surface area contributed by atoms with Gasteiger partial charge >= 0.3 is 12.2 Å². The Labute approximate surface area is 324 Å². The number of nitrogens with one attached hydrogen (secondary N) is 1. The average Bonchev–Trinajstić information content (AvgIpc) is 3.92. The molecule has 4 aromatic rings. The Hall–Kier alpha value is -4.40. The van der Waals surface area contributed by atoms with Crippen molar-refractivity contribution in [2.45, 2.75) is 89.3 Å². The van der Waals surface area contributed by atoms with Gasteiger partial charge in [-0.2, -0.15) is 28.4 Å². The fraction of sp³-hybridized carbons (Fsp3) is 0.538. The summed E-state index contributed by atoms with van der Waals surface area (Å²) in [5.41, 5.74) is 2.59. The lowest BCUT2D eigenvalue weighted by molar-refractivity contribution is -0.144. The monoisotopic (exact) mass is 805 g/mol. The van der Waals surface area contributed by atoms with Crippen LogP contribution in [-0.2, 0) is 15.7 Å². The number of amides is 1. The number of nitrogen functional groups attached to an aromatic ring is 1. The number of alkyl halides is 4. The standard InChI is InChI=1S/C21H14F5N5OS.C11H19NO2.C7H12FN/c1-3-29-19-9-6-11(21(24,25)26)14(15(23)16(9)30-20(31-19)32-2)8-4-5-12(22)17-13(8)10(7-27)18(28)33-17;1-8-4-3-5-12(8)11(13)9-6-10(7-9)14-2;8-6-4-7-2-1-3-9(7)5-6/h4-6H,3,28H2,1-2H3,(H,29,30,31);8-10H,3-7H2,1-2H3;6-7H,1-5H2. The maximum absolute atomic E-state index is 15.9. The molecule has 56 heavy (non-hydrogen) atoms. The zero-order valence-corrected chi connectivity index (χ0v) is 32.4. The van der Waals surface area contributed by atoms with Crippen molar-refractivity contribution in [3.63, 3.8) is 0 Å². The second kappa shape index (κ2) is 17.0. The summed E-state index contributed by atoms with van der Waals surface area (Å²) in [4.78, 5) is 24.2. The van der Waals surface area contributed by atoms with Crippen molar-refractivity contribution in [1.29, 1.82) is 5.26 Å². The molecule has 0 bridgehead atoms. The van der Waals surface area contributed by atoms with E-state index >= 15 is 4.39 Å². The van der Waals surface area contributed by atoms with E-state index in [1.54, 1.807) is 20.1 Å². The lowest BCUT2D eigenvalue weighted by Gasteiger charge is -2.36. The molecule has 1 saturated carbocycles. The number of carbonyl (C=O) groups excluding carboxylic acids is 1. The number of fused-ring (bicyclic) bond motifs is 3. The number of thiophene rings is 1. The SMILES string of the molecule is CCNc1nc(OC)nc2c(F)c(-c3ccc(F)c4sc(N)c(C#N)c34)c(C(F)(F)F)cc12.COC1CC(C(=O)N2CCCC2C)C1.FC1CC2CCCN2C1. The molecule has 2 aromatic heterocycles. The third-order valence-corrected chi connectivity index (χ3v) is 12.0. The Morgan fingerprint density at radius 1 is 1.12 bits per heavy atom. The van der Waals surface area contributed by atoms with Crippen molar-refractivity contribution in [2.24, 2.45) is 5.92 Å². The predicted molar refractivity (Wildman–Crippen MR) is 203 cm³/mol.